The van der Waals surface area contributed by atoms with E-state index in [0.29, 0.717) is 24.1 Å². The average molecular weight is 366 g/mol. The third kappa shape index (κ3) is 3.06. The van der Waals surface area contributed by atoms with Gasteiger partial charge in [0.25, 0.3) is 11.5 Å². The molecule has 3 aromatic heterocycles. The normalized spacial score (nSPS) is 16.2. The molecule has 7 nitrogen and oxygen atoms in total. The van der Waals surface area contributed by atoms with Crippen molar-refractivity contribution in [2.75, 3.05) is 5.32 Å². The Kier molecular flexibility index (Phi) is 4.18. The minimum absolute atomic E-state index is 0.0584. The molecule has 1 unspecified atom stereocenters. The average Bonchev–Trinajstić information content (AvgIpc) is 3.16. The lowest BCUT2D eigenvalue weighted by Gasteiger charge is -2.22. The lowest BCUT2D eigenvalue weighted by atomic mass is 9.84. The Morgan fingerprint density at radius 1 is 1.19 bits per heavy atom. The number of pyridine rings is 1. The molecular formula is C18H14N4O3S. The largest absolute Gasteiger partial charge is 0.325 e. The smallest absolute Gasteiger partial charge is 0.263 e. The minimum Gasteiger partial charge on any atom is -0.325 e. The zero-order valence-corrected chi connectivity index (χ0v) is 14.4. The summed E-state index contributed by atoms with van der Waals surface area (Å²) in [6, 6.07) is 6.93. The lowest BCUT2D eigenvalue weighted by molar-refractivity contribution is 0.0963. The maximum Gasteiger partial charge on any atom is 0.263 e. The van der Waals surface area contributed by atoms with Gasteiger partial charge in [-0.3, -0.25) is 19.7 Å². The number of hydrogen-bond acceptors (Lipinski definition) is 6. The molecule has 1 atom stereocenters. The van der Waals surface area contributed by atoms with Crippen LogP contribution in [0.2, 0.25) is 0 Å². The topological polar surface area (TPSA) is 105 Å². The van der Waals surface area contributed by atoms with Crippen molar-refractivity contribution in [3.05, 3.63) is 74.1 Å². The van der Waals surface area contributed by atoms with E-state index in [-0.39, 0.29) is 23.2 Å². The van der Waals surface area contributed by atoms with Gasteiger partial charge in [-0.15, -0.1) is 11.3 Å². The number of Topliss-reactive ketones (excluding diaryl/α,β-unsaturated/α-hetero) is 1. The molecule has 3 heterocycles. The van der Waals surface area contributed by atoms with E-state index >= 15 is 0 Å². The molecule has 0 bridgehead atoms. The summed E-state index contributed by atoms with van der Waals surface area (Å²) >= 11 is 1.60. The zero-order chi connectivity index (χ0) is 18.1. The number of hydrogen-bond donors (Lipinski definition) is 2. The first-order valence-electron chi connectivity index (χ1n) is 8.03. The molecule has 0 spiro atoms. The van der Waals surface area contributed by atoms with Gasteiger partial charge < -0.3 is 4.98 Å². The molecular weight excluding hydrogens is 352 g/mol. The van der Waals surface area contributed by atoms with Gasteiger partial charge in [-0.1, -0.05) is 6.07 Å². The lowest BCUT2D eigenvalue weighted by Crippen LogP contribution is -2.29. The van der Waals surface area contributed by atoms with E-state index in [2.05, 4.69) is 20.3 Å². The third-order valence-corrected chi connectivity index (χ3v) is 5.32. The Bertz CT molecular complexity index is 1030. The third-order valence-electron chi connectivity index (χ3n) is 4.29. The van der Waals surface area contributed by atoms with Crippen LogP contribution in [0.25, 0.3) is 0 Å². The first-order valence-corrected chi connectivity index (χ1v) is 8.91. The van der Waals surface area contributed by atoms with Crippen LogP contribution in [0.4, 0.5) is 5.95 Å². The molecule has 2 N–H and O–H groups in total. The van der Waals surface area contributed by atoms with Crippen molar-refractivity contribution in [3.8, 4) is 0 Å². The molecule has 26 heavy (non-hydrogen) atoms. The number of nitrogens with one attached hydrogen (secondary N) is 2. The fourth-order valence-corrected chi connectivity index (χ4v) is 3.89. The van der Waals surface area contributed by atoms with Gasteiger partial charge in [0.1, 0.15) is 5.56 Å². The number of fused-ring (bicyclic) bond motifs is 1. The van der Waals surface area contributed by atoms with Gasteiger partial charge in [0, 0.05) is 40.9 Å². The second-order valence-electron chi connectivity index (χ2n) is 5.97. The van der Waals surface area contributed by atoms with Crippen LogP contribution in [-0.2, 0) is 6.42 Å². The molecule has 1 aliphatic rings. The van der Waals surface area contributed by atoms with Crippen molar-refractivity contribution >= 4 is 29.0 Å². The highest BCUT2D eigenvalue weighted by Gasteiger charge is 2.29. The molecule has 0 saturated carbocycles. The number of carbonyl (C=O) groups excluding carboxylic acids is 2. The van der Waals surface area contributed by atoms with E-state index < -0.39 is 11.5 Å². The number of carbonyl (C=O) groups is 2. The number of ketones is 1. The summed E-state index contributed by atoms with van der Waals surface area (Å²) in [4.78, 5) is 48.9. The Balaban J connectivity index is 1.64. The summed E-state index contributed by atoms with van der Waals surface area (Å²) < 4.78 is 0. The van der Waals surface area contributed by atoms with Crippen LogP contribution in [0.3, 0.4) is 0 Å². The van der Waals surface area contributed by atoms with E-state index in [0.717, 1.165) is 4.88 Å². The fourth-order valence-electron chi connectivity index (χ4n) is 3.06. The summed E-state index contributed by atoms with van der Waals surface area (Å²) in [7, 11) is 0. The number of amides is 1. The quantitative estimate of drug-likeness (QED) is 0.740. The van der Waals surface area contributed by atoms with Crippen LogP contribution >= 0.6 is 11.3 Å². The highest BCUT2D eigenvalue weighted by atomic mass is 32.1. The first-order chi connectivity index (χ1) is 12.6. The molecule has 0 saturated heterocycles. The summed E-state index contributed by atoms with van der Waals surface area (Å²) in [5.74, 6) is -0.568. The molecule has 4 rings (SSSR count). The molecule has 130 valence electrons. The van der Waals surface area contributed by atoms with Gasteiger partial charge in [0.2, 0.25) is 5.95 Å². The van der Waals surface area contributed by atoms with Crippen molar-refractivity contribution in [2.24, 2.45) is 0 Å². The number of thiophene rings is 1. The Morgan fingerprint density at radius 2 is 2.00 bits per heavy atom. The van der Waals surface area contributed by atoms with Crippen molar-refractivity contribution < 1.29 is 9.59 Å². The van der Waals surface area contributed by atoms with E-state index in [1.807, 2.05) is 17.5 Å². The highest BCUT2D eigenvalue weighted by molar-refractivity contribution is 7.10. The number of nitrogens with zero attached hydrogens (tertiary/aromatic N) is 2. The van der Waals surface area contributed by atoms with Gasteiger partial charge in [-0.25, -0.2) is 9.97 Å². The van der Waals surface area contributed by atoms with E-state index in [9.17, 15) is 14.4 Å². The number of aromatic amines is 1. The molecule has 0 aliphatic heterocycles. The molecule has 3 aromatic rings. The molecule has 8 heteroatoms. The monoisotopic (exact) mass is 366 g/mol. The zero-order valence-electron chi connectivity index (χ0n) is 13.6. The highest BCUT2D eigenvalue weighted by Crippen LogP contribution is 2.33. The van der Waals surface area contributed by atoms with E-state index in [1.54, 1.807) is 17.4 Å². The van der Waals surface area contributed by atoms with Gasteiger partial charge >= 0.3 is 0 Å². The predicted molar refractivity (Wildman–Crippen MR) is 96.8 cm³/mol. The Hall–Kier alpha value is -3.13. The van der Waals surface area contributed by atoms with Crippen LogP contribution in [0.1, 0.15) is 43.6 Å². The van der Waals surface area contributed by atoms with Crippen molar-refractivity contribution in [1.29, 1.82) is 0 Å². The second-order valence-corrected chi connectivity index (χ2v) is 6.95. The number of rotatable bonds is 3. The van der Waals surface area contributed by atoms with Crippen molar-refractivity contribution in [1.82, 2.24) is 15.0 Å². The number of H-pyrrole nitrogens is 1. The van der Waals surface area contributed by atoms with E-state index in [4.69, 9.17) is 0 Å². The fraction of sp³-hybridized carbons (Fsp3) is 0.167. The minimum atomic E-state index is -0.645. The molecule has 0 fully saturated rings. The summed E-state index contributed by atoms with van der Waals surface area (Å²) in [5.41, 5.74) is 0.324. The summed E-state index contributed by atoms with van der Waals surface area (Å²) in [5, 5.41) is 4.43. The van der Waals surface area contributed by atoms with Crippen LogP contribution in [0, 0.1) is 0 Å². The Morgan fingerprint density at radius 3 is 2.73 bits per heavy atom. The van der Waals surface area contributed by atoms with E-state index in [1.165, 1.54) is 18.5 Å². The molecule has 0 aromatic carbocycles. The number of anilines is 1. The molecule has 0 radical (unpaired) electrons. The number of aromatic nitrogens is 3. The first kappa shape index (κ1) is 16.3. The van der Waals surface area contributed by atoms with Crippen LogP contribution in [0.5, 0.6) is 0 Å². The standard InChI is InChI=1S/C18H14N4O3S/c23-14-8-10(15-3-1-6-26-15)7-13-11(14)9-12(16(24)21-13)17(25)22-18-19-4-2-5-20-18/h1-6,9-10H,7-8H2,(H,21,24)(H,19,20,22,25). The van der Waals surface area contributed by atoms with Crippen molar-refractivity contribution in [3.63, 3.8) is 0 Å². The molecule has 1 aliphatic carbocycles. The second kappa shape index (κ2) is 6.64. The molecule has 1 amide bonds. The van der Waals surface area contributed by atoms with Gasteiger partial charge in [-0.2, -0.15) is 0 Å². The van der Waals surface area contributed by atoms with Gasteiger partial charge in [-0.05, 0) is 30.0 Å². The maximum absolute atomic E-state index is 12.6. The van der Waals surface area contributed by atoms with Gasteiger partial charge in [0.15, 0.2) is 5.78 Å². The predicted octanol–water partition coefficient (Wildman–Crippen LogP) is 2.39. The van der Waals surface area contributed by atoms with Crippen LogP contribution < -0.4 is 10.9 Å². The summed E-state index contributed by atoms with van der Waals surface area (Å²) in [6.07, 6.45) is 3.89. The van der Waals surface area contributed by atoms with Gasteiger partial charge in [0.05, 0.1) is 0 Å². The Labute approximate surface area is 152 Å². The SMILES string of the molecule is O=C1CC(c2cccs2)Cc2[nH]c(=O)c(C(=O)Nc3ncccn3)cc21. The van der Waals surface area contributed by atoms with Crippen LogP contribution in [-0.4, -0.2) is 26.6 Å². The van der Waals surface area contributed by atoms with Crippen molar-refractivity contribution in [2.45, 2.75) is 18.8 Å². The summed E-state index contributed by atoms with van der Waals surface area (Å²) in [6.45, 7) is 0. The maximum atomic E-state index is 12.6. The van der Waals surface area contributed by atoms with Crippen LogP contribution in [0.15, 0.2) is 46.8 Å².